The van der Waals surface area contributed by atoms with Crippen molar-refractivity contribution in [2.24, 2.45) is 0 Å². The van der Waals surface area contributed by atoms with Crippen LogP contribution in [0.25, 0.3) is 0 Å². The van der Waals surface area contributed by atoms with E-state index in [4.69, 9.17) is 17.0 Å². The number of ether oxygens (including phenoxy) is 1. The highest BCUT2D eigenvalue weighted by atomic mass is 32.1. The molecular weight excluding hydrogens is 320 g/mol. The Bertz CT molecular complexity index is 744. The third kappa shape index (κ3) is 5.21. The summed E-state index contributed by atoms with van der Waals surface area (Å²) in [5.74, 6) is 0.485. The summed E-state index contributed by atoms with van der Waals surface area (Å²) >= 11 is 5.21. The van der Waals surface area contributed by atoms with Gasteiger partial charge in [-0.25, -0.2) is 0 Å². The van der Waals surface area contributed by atoms with Crippen LogP contribution in [-0.4, -0.2) is 17.6 Å². The zero-order valence-corrected chi connectivity index (χ0v) is 14.4. The third-order valence-electron chi connectivity index (χ3n) is 3.36. The first-order valence-electron chi connectivity index (χ1n) is 7.58. The van der Waals surface area contributed by atoms with E-state index in [-0.39, 0.29) is 17.4 Å². The van der Waals surface area contributed by atoms with Gasteiger partial charge in [-0.05, 0) is 42.4 Å². The Morgan fingerprint density at radius 3 is 2.67 bits per heavy atom. The summed E-state index contributed by atoms with van der Waals surface area (Å²) in [7, 11) is 0. The smallest absolute Gasteiger partial charge is 0.230 e. The molecule has 0 aliphatic carbocycles. The first kappa shape index (κ1) is 17.7. The topological polar surface area (TPSA) is 50.4 Å². The molecule has 0 saturated heterocycles. The summed E-state index contributed by atoms with van der Waals surface area (Å²) in [5.41, 5.74) is 2.75. The van der Waals surface area contributed by atoms with Crippen molar-refractivity contribution in [1.82, 2.24) is 5.32 Å². The third-order valence-corrected chi connectivity index (χ3v) is 3.56. The van der Waals surface area contributed by atoms with E-state index in [0.717, 1.165) is 11.1 Å². The lowest BCUT2D eigenvalue weighted by molar-refractivity contribution is -0.119. The minimum atomic E-state index is -0.161. The quantitative estimate of drug-likeness (QED) is 0.623. The van der Waals surface area contributed by atoms with E-state index in [1.807, 2.05) is 55.5 Å². The highest BCUT2D eigenvalue weighted by Gasteiger charge is 2.09. The summed E-state index contributed by atoms with van der Waals surface area (Å²) in [5, 5.41) is 5.92. The molecular formula is C19H20N2O2S. The van der Waals surface area contributed by atoms with Crippen LogP contribution in [0, 0.1) is 6.92 Å². The van der Waals surface area contributed by atoms with Crippen molar-refractivity contribution in [1.29, 1.82) is 0 Å². The molecule has 0 fully saturated rings. The molecule has 0 aromatic heterocycles. The fourth-order valence-electron chi connectivity index (χ4n) is 2.15. The number of carbonyl (C=O) groups is 1. The largest absolute Gasteiger partial charge is 0.487 e. The molecule has 0 aliphatic heterocycles. The molecule has 0 spiro atoms. The van der Waals surface area contributed by atoms with Gasteiger partial charge in [0.1, 0.15) is 12.4 Å². The number of hydrogen-bond donors (Lipinski definition) is 2. The van der Waals surface area contributed by atoms with Gasteiger partial charge in [-0.15, -0.1) is 0 Å². The molecule has 0 saturated carbocycles. The maximum atomic E-state index is 12.1. The summed E-state index contributed by atoms with van der Waals surface area (Å²) in [4.78, 5) is 12.1. The van der Waals surface area contributed by atoms with Gasteiger partial charge in [0.15, 0.2) is 5.11 Å². The van der Waals surface area contributed by atoms with Crippen molar-refractivity contribution in [3.05, 3.63) is 72.3 Å². The van der Waals surface area contributed by atoms with Crippen molar-refractivity contribution in [2.45, 2.75) is 13.3 Å². The average molecular weight is 340 g/mol. The Hall–Kier alpha value is -2.66. The average Bonchev–Trinajstić information content (AvgIpc) is 2.56. The first-order valence-corrected chi connectivity index (χ1v) is 7.99. The van der Waals surface area contributed by atoms with Crippen molar-refractivity contribution >= 4 is 28.9 Å². The van der Waals surface area contributed by atoms with Gasteiger partial charge in [-0.1, -0.05) is 49.1 Å². The number of nitrogens with one attached hydrogen (secondary N) is 2. The maximum Gasteiger partial charge on any atom is 0.230 e. The van der Waals surface area contributed by atoms with Crippen LogP contribution in [0.15, 0.2) is 61.2 Å². The number of rotatable bonds is 6. The molecule has 0 unspecified atom stereocenters. The molecule has 2 rings (SSSR count). The van der Waals surface area contributed by atoms with E-state index in [2.05, 4.69) is 17.2 Å². The predicted molar refractivity (Wildman–Crippen MR) is 101 cm³/mol. The number of carbonyl (C=O) groups excluding carboxylic acids is 1. The SMILES string of the molecule is C=CCOc1ccccc1NC(=S)NC(=O)Cc1ccccc1C. The van der Waals surface area contributed by atoms with Crippen LogP contribution in [-0.2, 0) is 11.2 Å². The highest BCUT2D eigenvalue weighted by molar-refractivity contribution is 7.80. The normalized spacial score (nSPS) is 9.88. The molecule has 4 nitrogen and oxygen atoms in total. The predicted octanol–water partition coefficient (Wildman–Crippen LogP) is 3.62. The summed E-state index contributed by atoms with van der Waals surface area (Å²) in [6.45, 7) is 6.00. The molecule has 0 aliphatic rings. The standard InChI is InChI=1S/C19H20N2O2S/c1-3-12-23-17-11-7-6-10-16(17)20-19(24)21-18(22)13-15-9-5-4-8-14(15)2/h3-11H,1,12-13H2,2H3,(H2,20,21,22,24). The van der Waals surface area contributed by atoms with E-state index in [9.17, 15) is 4.79 Å². The number of thiocarbonyl (C=S) groups is 1. The van der Waals surface area contributed by atoms with E-state index >= 15 is 0 Å². The van der Waals surface area contributed by atoms with Gasteiger partial charge in [0, 0.05) is 0 Å². The van der Waals surface area contributed by atoms with Gasteiger partial charge in [0.25, 0.3) is 0 Å². The van der Waals surface area contributed by atoms with Crippen LogP contribution in [0.4, 0.5) is 5.69 Å². The molecule has 0 heterocycles. The summed E-state index contributed by atoms with van der Waals surface area (Å²) in [6.07, 6.45) is 1.95. The summed E-state index contributed by atoms with van der Waals surface area (Å²) < 4.78 is 5.55. The lowest BCUT2D eigenvalue weighted by Gasteiger charge is -2.14. The Morgan fingerprint density at radius 2 is 1.92 bits per heavy atom. The van der Waals surface area contributed by atoms with Gasteiger partial charge in [-0.2, -0.15) is 0 Å². The number of anilines is 1. The Labute approximate surface area is 147 Å². The fourth-order valence-corrected chi connectivity index (χ4v) is 2.37. The Morgan fingerprint density at radius 1 is 1.21 bits per heavy atom. The van der Waals surface area contributed by atoms with Gasteiger partial charge in [0.2, 0.25) is 5.91 Å². The van der Waals surface area contributed by atoms with Crippen LogP contribution in [0.1, 0.15) is 11.1 Å². The lowest BCUT2D eigenvalue weighted by Crippen LogP contribution is -2.35. The summed E-state index contributed by atoms with van der Waals surface area (Å²) in [6, 6.07) is 15.2. The second-order valence-corrected chi connectivity index (χ2v) is 5.61. The van der Waals surface area contributed by atoms with Gasteiger partial charge in [0.05, 0.1) is 12.1 Å². The van der Waals surface area contributed by atoms with E-state index in [1.165, 1.54) is 0 Å². The molecule has 1 amide bonds. The fraction of sp³-hybridized carbons (Fsp3) is 0.158. The second-order valence-electron chi connectivity index (χ2n) is 5.20. The molecule has 124 valence electrons. The van der Waals surface area contributed by atoms with Crippen LogP contribution in [0.2, 0.25) is 0 Å². The minimum Gasteiger partial charge on any atom is -0.487 e. The van der Waals surface area contributed by atoms with Gasteiger partial charge < -0.3 is 15.4 Å². The first-order chi connectivity index (χ1) is 11.6. The number of hydrogen-bond acceptors (Lipinski definition) is 3. The maximum absolute atomic E-state index is 12.1. The lowest BCUT2D eigenvalue weighted by atomic mass is 10.1. The van der Waals surface area contributed by atoms with Crippen molar-refractivity contribution in [2.75, 3.05) is 11.9 Å². The monoisotopic (exact) mass is 340 g/mol. The van der Waals surface area contributed by atoms with Crippen molar-refractivity contribution < 1.29 is 9.53 Å². The van der Waals surface area contributed by atoms with Crippen molar-refractivity contribution in [3.8, 4) is 5.75 Å². The van der Waals surface area contributed by atoms with Gasteiger partial charge in [-0.3, -0.25) is 4.79 Å². The van der Waals surface area contributed by atoms with Crippen LogP contribution in [0.3, 0.4) is 0 Å². The highest BCUT2D eigenvalue weighted by Crippen LogP contribution is 2.23. The Kier molecular flexibility index (Phi) is 6.51. The van der Waals surface area contributed by atoms with Crippen LogP contribution >= 0.6 is 12.2 Å². The molecule has 2 N–H and O–H groups in total. The van der Waals surface area contributed by atoms with E-state index in [1.54, 1.807) is 6.08 Å². The second kappa shape index (κ2) is 8.84. The molecule has 5 heteroatoms. The molecule has 24 heavy (non-hydrogen) atoms. The number of amides is 1. The Balaban J connectivity index is 1.95. The molecule has 0 atom stereocenters. The van der Waals surface area contributed by atoms with E-state index in [0.29, 0.717) is 18.0 Å². The zero-order chi connectivity index (χ0) is 17.4. The molecule has 2 aromatic carbocycles. The molecule has 0 bridgehead atoms. The number of benzene rings is 2. The van der Waals surface area contributed by atoms with Crippen LogP contribution < -0.4 is 15.4 Å². The number of aryl methyl sites for hydroxylation is 1. The van der Waals surface area contributed by atoms with Crippen molar-refractivity contribution in [3.63, 3.8) is 0 Å². The number of para-hydroxylation sites is 2. The van der Waals surface area contributed by atoms with Gasteiger partial charge >= 0.3 is 0 Å². The minimum absolute atomic E-state index is 0.161. The van der Waals surface area contributed by atoms with E-state index < -0.39 is 0 Å². The van der Waals surface area contributed by atoms with Crippen LogP contribution in [0.5, 0.6) is 5.75 Å². The molecule has 2 aromatic rings. The zero-order valence-electron chi connectivity index (χ0n) is 13.5. The molecule has 0 radical (unpaired) electrons.